The monoisotopic (exact) mass is 324 g/mol. The lowest BCUT2D eigenvalue weighted by Crippen LogP contribution is -3.14. The van der Waals surface area contributed by atoms with Crippen LogP contribution in [0.25, 0.3) is 0 Å². The highest BCUT2D eigenvalue weighted by molar-refractivity contribution is 7.99. The first-order chi connectivity index (χ1) is 10.7. The highest BCUT2D eigenvalue weighted by Gasteiger charge is 2.16. The Morgan fingerprint density at radius 3 is 2.82 bits per heavy atom. The van der Waals surface area contributed by atoms with Crippen molar-refractivity contribution < 1.29 is 19.2 Å². The zero-order chi connectivity index (χ0) is 15.8. The van der Waals surface area contributed by atoms with E-state index in [9.17, 15) is 4.79 Å². The van der Waals surface area contributed by atoms with E-state index >= 15 is 0 Å². The number of hydrogen-bond acceptors (Lipinski definition) is 5. The van der Waals surface area contributed by atoms with Crippen LogP contribution in [0.2, 0.25) is 0 Å². The first-order valence-corrected chi connectivity index (χ1v) is 8.33. The number of methoxy groups -OCH3 is 2. The quantitative estimate of drug-likeness (QED) is 0.561. The predicted molar refractivity (Wildman–Crippen MR) is 88.2 cm³/mol. The molecule has 6 nitrogen and oxygen atoms in total. The van der Waals surface area contributed by atoms with Gasteiger partial charge >= 0.3 is 0 Å². The van der Waals surface area contributed by atoms with Gasteiger partial charge in [-0.15, -0.1) is 0 Å². The molecule has 1 saturated heterocycles. The maximum absolute atomic E-state index is 11.9. The Bertz CT molecular complexity index is 531. The van der Waals surface area contributed by atoms with E-state index in [1.807, 2.05) is 23.9 Å². The lowest BCUT2D eigenvalue weighted by molar-refractivity contribution is -0.888. The van der Waals surface area contributed by atoms with E-state index in [1.165, 1.54) is 4.90 Å². The molecule has 1 aliphatic rings. The summed E-state index contributed by atoms with van der Waals surface area (Å²) in [5.41, 5.74) is 3.36. The molecule has 0 atom stereocenters. The number of nitrogens with zero attached hydrogens (tertiary/aromatic N) is 1. The van der Waals surface area contributed by atoms with Gasteiger partial charge in [-0.05, 0) is 12.1 Å². The number of hydrazone groups is 1. The van der Waals surface area contributed by atoms with E-state index in [1.54, 1.807) is 26.5 Å². The largest absolute Gasteiger partial charge is 0.497 e. The number of benzene rings is 1. The second kappa shape index (κ2) is 8.65. The Balaban J connectivity index is 1.87. The molecular weight excluding hydrogens is 302 g/mol. The molecule has 0 radical (unpaired) electrons. The van der Waals surface area contributed by atoms with Crippen molar-refractivity contribution in [2.24, 2.45) is 5.10 Å². The molecular formula is C15H22N3O3S+. The molecule has 1 aromatic carbocycles. The standard InChI is InChI=1S/C15H21N3O3S/c1-20-13-4-3-12(14(9-13)21-2)10-16-17-15(19)11-18-5-7-22-8-6-18/h3-4,9-10H,5-8,11H2,1-2H3,(H,17,19)/p+1/b16-10-. The van der Waals surface area contributed by atoms with Crippen molar-refractivity contribution in [1.29, 1.82) is 0 Å². The van der Waals surface area contributed by atoms with Crippen LogP contribution in [0.3, 0.4) is 0 Å². The Morgan fingerprint density at radius 2 is 2.14 bits per heavy atom. The summed E-state index contributed by atoms with van der Waals surface area (Å²) in [5.74, 6) is 3.54. The Labute approximate surface area is 134 Å². The highest BCUT2D eigenvalue weighted by atomic mass is 32.2. The number of quaternary nitrogens is 1. The van der Waals surface area contributed by atoms with Crippen molar-refractivity contribution in [2.45, 2.75) is 0 Å². The van der Waals surface area contributed by atoms with Crippen molar-refractivity contribution in [3.63, 3.8) is 0 Å². The second-order valence-electron chi connectivity index (χ2n) is 4.94. The van der Waals surface area contributed by atoms with E-state index < -0.39 is 0 Å². The fourth-order valence-corrected chi connectivity index (χ4v) is 3.27. The third-order valence-electron chi connectivity index (χ3n) is 3.44. The molecule has 0 bridgehead atoms. The van der Waals surface area contributed by atoms with Gasteiger partial charge in [0.25, 0.3) is 5.91 Å². The maximum Gasteiger partial charge on any atom is 0.295 e. The van der Waals surface area contributed by atoms with E-state index in [-0.39, 0.29) is 5.91 Å². The molecule has 1 aliphatic heterocycles. The van der Waals surface area contributed by atoms with Crippen molar-refractivity contribution >= 4 is 23.9 Å². The summed E-state index contributed by atoms with van der Waals surface area (Å²) in [5, 5.41) is 4.01. The Hall–Kier alpha value is -1.73. The van der Waals surface area contributed by atoms with Gasteiger partial charge in [-0.2, -0.15) is 16.9 Å². The van der Waals surface area contributed by atoms with Gasteiger partial charge < -0.3 is 14.4 Å². The molecule has 7 heteroatoms. The molecule has 0 unspecified atom stereocenters. The average molecular weight is 324 g/mol. The summed E-state index contributed by atoms with van der Waals surface area (Å²) in [4.78, 5) is 13.2. The highest BCUT2D eigenvalue weighted by Crippen LogP contribution is 2.22. The molecule has 0 saturated carbocycles. The number of hydrogen-bond donors (Lipinski definition) is 2. The van der Waals surface area contributed by atoms with E-state index in [4.69, 9.17) is 9.47 Å². The molecule has 1 amide bonds. The predicted octanol–water partition coefficient (Wildman–Crippen LogP) is -0.214. The summed E-state index contributed by atoms with van der Waals surface area (Å²) in [6.07, 6.45) is 1.58. The maximum atomic E-state index is 11.9. The van der Waals surface area contributed by atoms with Crippen LogP contribution in [0.15, 0.2) is 23.3 Å². The topological polar surface area (TPSA) is 64.4 Å². The van der Waals surface area contributed by atoms with Crippen LogP contribution in [-0.4, -0.2) is 57.5 Å². The fraction of sp³-hybridized carbons (Fsp3) is 0.467. The lowest BCUT2D eigenvalue weighted by Gasteiger charge is -2.21. The molecule has 2 N–H and O–H groups in total. The Kier molecular flexibility index (Phi) is 6.54. The van der Waals surface area contributed by atoms with Crippen molar-refractivity contribution in [2.75, 3.05) is 45.4 Å². The molecule has 1 fully saturated rings. The van der Waals surface area contributed by atoms with E-state index in [0.29, 0.717) is 18.0 Å². The summed E-state index contributed by atoms with van der Waals surface area (Å²) >= 11 is 1.94. The van der Waals surface area contributed by atoms with Crippen molar-refractivity contribution in [3.05, 3.63) is 23.8 Å². The smallest absolute Gasteiger partial charge is 0.295 e. The first-order valence-electron chi connectivity index (χ1n) is 7.18. The van der Waals surface area contributed by atoms with Gasteiger partial charge in [0.15, 0.2) is 6.54 Å². The van der Waals surface area contributed by atoms with Gasteiger partial charge in [-0.3, -0.25) is 4.79 Å². The summed E-state index contributed by atoms with van der Waals surface area (Å²) < 4.78 is 10.4. The summed E-state index contributed by atoms with van der Waals surface area (Å²) in [7, 11) is 3.19. The van der Waals surface area contributed by atoms with Crippen LogP contribution >= 0.6 is 11.8 Å². The van der Waals surface area contributed by atoms with E-state index in [2.05, 4.69) is 10.5 Å². The summed E-state index contributed by atoms with van der Waals surface area (Å²) in [6, 6.07) is 5.43. The molecule has 120 valence electrons. The van der Waals surface area contributed by atoms with Crippen LogP contribution in [-0.2, 0) is 4.79 Å². The molecule has 0 spiro atoms. The third-order valence-corrected chi connectivity index (χ3v) is 4.43. The average Bonchev–Trinajstić information content (AvgIpc) is 2.56. The minimum atomic E-state index is -0.0642. The summed E-state index contributed by atoms with van der Waals surface area (Å²) in [6.45, 7) is 2.54. The third kappa shape index (κ3) is 4.92. The molecule has 22 heavy (non-hydrogen) atoms. The number of thioether (sulfide) groups is 1. The number of amides is 1. The van der Waals surface area contributed by atoms with E-state index in [0.717, 1.165) is 30.2 Å². The van der Waals surface area contributed by atoms with Crippen LogP contribution < -0.4 is 19.8 Å². The second-order valence-corrected chi connectivity index (χ2v) is 6.16. The molecule has 1 heterocycles. The minimum Gasteiger partial charge on any atom is -0.497 e. The first kappa shape index (κ1) is 16.6. The molecule has 0 aromatic heterocycles. The van der Waals surface area contributed by atoms with Crippen molar-refractivity contribution in [3.8, 4) is 11.5 Å². The fourth-order valence-electron chi connectivity index (χ4n) is 2.20. The number of rotatable bonds is 6. The lowest BCUT2D eigenvalue weighted by atomic mass is 10.2. The van der Waals surface area contributed by atoms with Gasteiger partial charge in [0.1, 0.15) is 11.5 Å². The van der Waals surface area contributed by atoms with Crippen LogP contribution in [0, 0.1) is 0 Å². The molecule has 2 rings (SSSR count). The zero-order valence-corrected chi connectivity index (χ0v) is 13.7. The van der Waals surface area contributed by atoms with Crippen LogP contribution in [0.5, 0.6) is 11.5 Å². The minimum absolute atomic E-state index is 0.0642. The van der Waals surface area contributed by atoms with Crippen molar-refractivity contribution in [1.82, 2.24) is 5.43 Å². The van der Waals surface area contributed by atoms with Gasteiger partial charge in [0, 0.05) is 23.1 Å². The number of ether oxygens (including phenoxy) is 2. The zero-order valence-electron chi connectivity index (χ0n) is 12.9. The van der Waals surface area contributed by atoms with Gasteiger partial charge in [-0.1, -0.05) is 0 Å². The van der Waals surface area contributed by atoms with Gasteiger partial charge in [-0.25, -0.2) is 5.43 Å². The molecule has 0 aliphatic carbocycles. The number of carbonyl (C=O) groups is 1. The Morgan fingerprint density at radius 1 is 1.36 bits per heavy atom. The van der Waals surface area contributed by atoms with Crippen LogP contribution in [0.4, 0.5) is 0 Å². The molecule has 1 aromatic rings. The normalized spacial score (nSPS) is 15.7. The van der Waals surface area contributed by atoms with Gasteiger partial charge in [0.2, 0.25) is 0 Å². The van der Waals surface area contributed by atoms with Gasteiger partial charge in [0.05, 0.1) is 33.5 Å². The van der Waals surface area contributed by atoms with Crippen LogP contribution in [0.1, 0.15) is 5.56 Å². The number of nitrogens with one attached hydrogen (secondary N) is 2. The number of carbonyl (C=O) groups excluding carboxylic acids is 1. The SMILES string of the molecule is COc1ccc(/C=N\NC(=O)C[NH+]2CCSCC2)c(OC)c1.